The number of carbonyl (C=O) groups excluding carboxylic acids is 2. The summed E-state index contributed by atoms with van der Waals surface area (Å²) in [5.74, 6) is -0.727. The number of benzene rings is 4. The molecule has 4 rings (SSSR count). The summed E-state index contributed by atoms with van der Waals surface area (Å²) in [6.07, 6.45) is 0.213. The zero-order chi connectivity index (χ0) is 32.6. The van der Waals surface area contributed by atoms with E-state index in [9.17, 15) is 18.0 Å². The molecule has 1 N–H and O–H groups in total. The minimum absolute atomic E-state index is 0.0169. The SMILES string of the molecule is COc1ccc(Cl)cc1N(CC(=O)N(Cc1cccc(Br)c1)[C@H](Cc1ccccc1)C(=O)NC(C)C)S(=O)(=O)c1ccccc1. The molecular formula is C34H35BrClN3O5S. The third-order valence-electron chi connectivity index (χ3n) is 6.96. The topological polar surface area (TPSA) is 96.0 Å². The van der Waals surface area contributed by atoms with E-state index in [0.717, 1.165) is 19.9 Å². The molecule has 4 aromatic carbocycles. The maximum atomic E-state index is 14.6. The summed E-state index contributed by atoms with van der Waals surface area (Å²) in [6, 6.07) is 28.0. The summed E-state index contributed by atoms with van der Waals surface area (Å²) in [5, 5.41) is 3.21. The summed E-state index contributed by atoms with van der Waals surface area (Å²) >= 11 is 9.83. The van der Waals surface area contributed by atoms with Crippen LogP contribution in [0.1, 0.15) is 25.0 Å². The van der Waals surface area contributed by atoms with Crippen molar-refractivity contribution >= 4 is 55.1 Å². The molecule has 0 spiro atoms. The molecule has 0 bridgehead atoms. The minimum Gasteiger partial charge on any atom is -0.495 e. The fraction of sp³-hybridized carbons (Fsp3) is 0.235. The number of nitrogens with one attached hydrogen (secondary N) is 1. The van der Waals surface area contributed by atoms with Crippen molar-refractivity contribution in [3.8, 4) is 5.75 Å². The highest BCUT2D eigenvalue weighted by Gasteiger charge is 2.35. The Morgan fingerprint density at radius 2 is 1.53 bits per heavy atom. The molecule has 0 radical (unpaired) electrons. The third kappa shape index (κ3) is 8.87. The molecule has 45 heavy (non-hydrogen) atoms. The van der Waals surface area contributed by atoms with Gasteiger partial charge in [-0.25, -0.2) is 8.42 Å². The molecule has 0 saturated carbocycles. The number of hydrogen-bond donors (Lipinski definition) is 1. The van der Waals surface area contributed by atoms with Gasteiger partial charge in [-0.1, -0.05) is 88.2 Å². The number of sulfonamides is 1. The lowest BCUT2D eigenvalue weighted by Gasteiger charge is -2.34. The van der Waals surface area contributed by atoms with Crippen molar-refractivity contribution in [2.45, 2.75) is 43.8 Å². The lowest BCUT2D eigenvalue weighted by atomic mass is 10.0. The Balaban J connectivity index is 1.85. The van der Waals surface area contributed by atoms with Gasteiger partial charge in [0.1, 0.15) is 18.3 Å². The zero-order valence-corrected chi connectivity index (χ0v) is 28.3. The second-order valence-corrected chi connectivity index (χ2v) is 13.9. The van der Waals surface area contributed by atoms with E-state index in [-0.39, 0.29) is 46.3 Å². The largest absolute Gasteiger partial charge is 0.495 e. The van der Waals surface area contributed by atoms with E-state index in [4.69, 9.17) is 16.3 Å². The highest BCUT2D eigenvalue weighted by Crippen LogP contribution is 2.35. The number of rotatable bonds is 13. The zero-order valence-electron chi connectivity index (χ0n) is 25.2. The van der Waals surface area contributed by atoms with Crippen molar-refractivity contribution in [1.29, 1.82) is 0 Å². The molecule has 2 amide bonds. The quantitative estimate of drug-likeness (QED) is 0.172. The van der Waals surface area contributed by atoms with Crippen LogP contribution in [0.3, 0.4) is 0 Å². The highest BCUT2D eigenvalue weighted by molar-refractivity contribution is 9.10. The highest BCUT2D eigenvalue weighted by atomic mass is 79.9. The van der Waals surface area contributed by atoms with Crippen molar-refractivity contribution in [1.82, 2.24) is 10.2 Å². The maximum absolute atomic E-state index is 14.6. The minimum atomic E-state index is -4.30. The molecule has 0 saturated heterocycles. The number of methoxy groups -OCH3 is 1. The molecule has 236 valence electrons. The van der Waals surface area contributed by atoms with Gasteiger partial charge in [-0.05, 0) is 67.4 Å². The Hall–Kier alpha value is -3.86. The number of hydrogen-bond acceptors (Lipinski definition) is 5. The van der Waals surface area contributed by atoms with Crippen molar-refractivity contribution < 1.29 is 22.7 Å². The van der Waals surface area contributed by atoms with Crippen LogP contribution < -0.4 is 14.4 Å². The molecule has 1 atom stereocenters. The second-order valence-electron chi connectivity index (χ2n) is 10.7. The predicted molar refractivity (Wildman–Crippen MR) is 181 cm³/mol. The van der Waals surface area contributed by atoms with Crippen LogP contribution in [0.25, 0.3) is 0 Å². The first-order valence-corrected chi connectivity index (χ1v) is 16.9. The Morgan fingerprint density at radius 1 is 0.889 bits per heavy atom. The third-order valence-corrected chi connectivity index (χ3v) is 9.47. The number of amides is 2. The summed E-state index contributed by atoms with van der Waals surface area (Å²) in [4.78, 5) is 29.8. The molecule has 0 fully saturated rings. The van der Waals surface area contributed by atoms with Crippen LogP contribution in [0.2, 0.25) is 5.02 Å². The van der Waals surface area contributed by atoms with Crippen LogP contribution >= 0.6 is 27.5 Å². The summed E-state index contributed by atoms with van der Waals surface area (Å²) in [7, 11) is -2.89. The molecule has 4 aromatic rings. The molecule has 0 heterocycles. The van der Waals surface area contributed by atoms with Gasteiger partial charge in [0.15, 0.2) is 0 Å². The van der Waals surface area contributed by atoms with Gasteiger partial charge in [0.25, 0.3) is 10.0 Å². The summed E-state index contributed by atoms with van der Waals surface area (Å²) in [6.45, 7) is 3.12. The Kier molecular flexibility index (Phi) is 11.7. The molecule has 0 aromatic heterocycles. The van der Waals surface area contributed by atoms with Gasteiger partial charge in [0.2, 0.25) is 11.8 Å². The van der Waals surface area contributed by atoms with E-state index in [1.165, 1.54) is 30.2 Å². The molecule has 0 aliphatic heterocycles. The van der Waals surface area contributed by atoms with Crippen LogP contribution in [-0.4, -0.2) is 50.9 Å². The van der Waals surface area contributed by atoms with Crippen LogP contribution in [0, 0.1) is 0 Å². The van der Waals surface area contributed by atoms with Crippen LogP contribution in [-0.2, 0) is 32.6 Å². The monoisotopic (exact) mass is 711 g/mol. The normalized spacial score (nSPS) is 12.0. The van der Waals surface area contributed by atoms with Gasteiger partial charge in [-0.15, -0.1) is 0 Å². The number of halogens is 2. The number of nitrogens with zero attached hydrogens (tertiary/aromatic N) is 2. The predicted octanol–water partition coefficient (Wildman–Crippen LogP) is 6.47. The van der Waals surface area contributed by atoms with Crippen LogP contribution in [0.5, 0.6) is 5.75 Å². The average molecular weight is 713 g/mol. The van der Waals surface area contributed by atoms with E-state index in [2.05, 4.69) is 21.2 Å². The molecule has 0 unspecified atom stereocenters. The van der Waals surface area contributed by atoms with Crippen molar-refractivity contribution in [2.75, 3.05) is 18.0 Å². The first kappa shape index (κ1) is 34.0. The van der Waals surface area contributed by atoms with Crippen LogP contribution in [0.15, 0.2) is 112 Å². The lowest BCUT2D eigenvalue weighted by Crippen LogP contribution is -2.54. The maximum Gasteiger partial charge on any atom is 0.264 e. The number of anilines is 1. The molecule has 0 aliphatic rings. The first-order chi connectivity index (χ1) is 21.5. The second kappa shape index (κ2) is 15.4. The average Bonchev–Trinajstić information content (AvgIpc) is 3.02. The van der Waals surface area contributed by atoms with Gasteiger partial charge in [0, 0.05) is 28.5 Å². The van der Waals surface area contributed by atoms with Gasteiger partial charge in [0.05, 0.1) is 17.7 Å². The Bertz CT molecular complexity index is 1720. The summed E-state index contributed by atoms with van der Waals surface area (Å²) < 4.78 is 35.7. The fourth-order valence-corrected chi connectivity index (χ4v) is 6.91. The van der Waals surface area contributed by atoms with Crippen molar-refractivity contribution in [3.63, 3.8) is 0 Å². The first-order valence-electron chi connectivity index (χ1n) is 14.3. The molecular weight excluding hydrogens is 678 g/mol. The van der Waals surface area contributed by atoms with E-state index in [0.29, 0.717) is 0 Å². The van der Waals surface area contributed by atoms with E-state index in [1.54, 1.807) is 30.3 Å². The Labute approximate surface area is 278 Å². The Morgan fingerprint density at radius 3 is 2.16 bits per heavy atom. The number of ether oxygens (including phenoxy) is 1. The van der Waals surface area contributed by atoms with E-state index >= 15 is 0 Å². The van der Waals surface area contributed by atoms with E-state index in [1.807, 2.05) is 68.4 Å². The smallest absolute Gasteiger partial charge is 0.264 e. The van der Waals surface area contributed by atoms with Gasteiger partial charge in [-0.3, -0.25) is 13.9 Å². The molecule has 11 heteroatoms. The van der Waals surface area contributed by atoms with Crippen LogP contribution in [0.4, 0.5) is 5.69 Å². The van der Waals surface area contributed by atoms with Crippen molar-refractivity contribution in [3.05, 3.63) is 124 Å². The molecule has 0 aliphatic carbocycles. The standard InChI is InChI=1S/C34H35BrClN3O5S/c1-24(2)37-34(41)31(20-25-11-6-4-7-12-25)38(22-26-13-10-14-27(35)19-26)33(40)23-39(30-21-28(36)17-18-32(30)44-3)45(42,43)29-15-8-5-9-16-29/h4-19,21,24,31H,20,22-23H2,1-3H3,(H,37,41)/t31-/m1/s1. The van der Waals surface area contributed by atoms with Gasteiger partial charge >= 0.3 is 0 Å². The molecule has 8 nitrogen and oxygen atoms in total. The number of carbonyl (C=O) groups is 2. The summed E-state index contributed by atoms with van der Waals surface area (Å²) in [5.41, 5.74) is 1.69. The van der Waals surface area contributed by atoms with Crippen molar-refractivity contribution in [2.24, 2.45) is 0 Å². The fourth-order valence-electron chi connectivity index (χ4n) is 4.86. The van der Waals surface area contributed by atoms with Gasteiger partial charge in [-0.2, -0.15) is 0 Å². The van der Waals surface area contributed by atoms with E-state index < -0.39 is 28.5 Å². The lowest BCUT2D eigenvalue weighted by molar-refractivity contribution is -0.140. The van der Waals surface area contributed by atoms with Gasteiger partial charge < -0.3 is 15.0 Å².